The predicted molar refractivity (Wildman–Crippen MR) is 136 cm³/mol. The lowest BCUT2D eigenvalue weighted by Gasteiger charge is -2.33. The second-order valence-corrected chi connectivity index (χ2v) is 13.5. The van der Waals surface area contributed by atoms with Gasteiger partial charge in [0.05, 0.1) is 0 Å². The van der Waals surface area contributed by atoms with Crippen molar-refractivity contribution in [1.82, 2.24) is 0 Å². The van der Waals surface area contributed by atoms with E-state index >= 15 is 0 Å². The van der Waals surface area contributed by atoms with Gasteiger partial charge >= 0.3 is 8.56 Å². The fourth-order valence-electron chi connectivity index (χ4n) is 4.10. The molecule has 0 fully saturated rings. The summed E-state index contributed by atoms with van der Waals surface area (Å²) in [7, 11) is -2.14. The maximum absolute atomic E-state index is 6.26. The average Bonchev–Trinajstić information content (AvgIpc) is 2.66. The first-order valence-electron chi connectivity index (χ1n) is 12.9. The summed E-state index contributed by atoms with van der Waals surface area (Å²) >= 11 is 4.59. The summed E-state index contributed by atoms with van der Waals surface area (Å²) < 4.78 is 12.5. The molecule has 0 aromatic carbocycles. The highest BCUT2D eigenvalue weighted by atomic mass is 32.1. The van der Waals surface area contributed by atoms with Crippen LogP contribution in [0.2, 0.25) is 6.04 Å². The molecule has 0 rings (SSSR count). The van der Waals surface area contributed by atoms with Gasteiger partial charge in [-0.05, 0) is 33.7 Å². The van der Waals surface area contributed by atoms with E-state index in [0.717, 1.165) is 11.4 Å². The molecule has 0 spiro atoms. The van der Waals surface area contributed by atoms with E-state index in [1.807, 2.05) is 0 Å². The zero-order valence-electron chi connectivity index (χ0n) is 20.6. The molecule has 0 aliphatic heterocycles. The van der Waals surface area contributed by atoms with Gasteiger partial charge in [-0.1, -0.05) is 110 Å². The molecular formula is C25H54O2SSi. The molecule has 0 saturated carbocycles. The molecule has 0 atom stereocenters. The Labute approximate surface area is 191 Å². The van der Waals surface area contributed by atoms with Crippen molar-refractivity contribution in [2.45, 2.75) is 156 Å². The molecule has 0 saturated heterocycles. The smallest absolute Gasteiger partial charge is 0.348 e. The van der Waals surface area contributed by atoms with Gasteiger partial charge in [-0.3, -0.25) is 0 Å². The summed E-state index contributed by atoms with van der Waals surface area (Å²) in [5.41, 5.74) is 0. The van der Waals surface area contributed by atoms with Gasteiger partial charge in [0.1, 0.15) is 0 Å². The van der Waals surface area contributed by atoms with Gasteiger partial charge in [0.15, 0.2) is 0 Å². The second kappa shape index (κ2) is 20.4. The number of hydrogen-bond donors (Lipinski definition) is 1. The van der Waals surface area contributed by atoms with Crippen molar-refractivity contribution in [2.24, 2.45) is 0 Å². The Bertz CT molecular complexity index is 327. The molecule has 0 unspecified atom stereocenters. The molecule has 0 heterocycles. The minimum atomic E-state index is -2.14. The van der Waals surface area contributed by atoms with Gasteiger partial charge in [0.25, 0.3) is 0 Å². The Morgan fingerprint density at radius 3 is 1.14 bits per heavy atom. The third-order valence-corrected chi connectivity index (χ3v) is 10.4. The van der Waals surface area contributed by atoms with Crippen LogP contribution in [0.4, 0.5) is 0 Å². The van der Waals surface area contributed by atoms with Crippen LogP contribution in [0.15, 0.2) is 0 Å². The van der Waals surface area contributed by atoms with E-state index in [9.17, 15) is 0 Å². The van der Waals surface area contributed by atoms with Crippen molar-refractivity contribution in [1.29, 1.82) is 0 Å². The Hall–Kier alpha value is 0.487. The van der Waals surface area contributed by atoms with Crippen molar-refractivity contribution in [2.75, 3.05) is 5.38 Å². The molecule has 0 bridgehead atoms. The van der Waals surface area contributed by atoms with Crippen LogP contribution in [0.1, 0.15) is 137 Å². The van der Waals surface area contributed by atoms with Crippen molar-refractivity contribution in [3.63, 3.8) is 0 Å². The van der Waals surface area contributed by atoms with Gasteiger partial charge in [0.2, 0.25) is 0 Å². The summed E-state index contributed by atoms with van der Waals surface area (Å²) in [6.07, 6.45) is 23.0. The van der Waals surface area contributed by atoms with Crippen molar-refractivity contribution in [3.05, 3.63) is 0 Å². The van der Waals surface area contributed by atoms with Crippen LogP contribution in [-0.2, 0) is 8.85 Å². The fraction of sp³-hybridized carbons (Fsp3) is 1.00. The topological polar surface area (TPSA) is 18.5 Å². The maximum atomic E-state index is 6.26. The van der Waals surface area contributed by atoms with E-state index in [0.29, 0.717) is 0 Å². The van der Waals surface area contributed by atoms with Crippen LogP contribution in [-0.4, -0.2) is 26.1 Å². The Morgan fingerprint density at radius 2 is 0.862 bits per heavy atom. The van der Waals surface area contributed by atoms with Gasteiger partial charge in [-0.15, -0.1) is 0 Å². The monoisotopic (exact) mass is 446 g/mol. The van der Waals surface area contributed by atoms with Crippen molar-refractivity contribution in [3.8, 4) is 0 Å². The summed E-state index contributed by atoms with van der Waals surface area (Å²) in [6, 6.07) is 1.09. The number of thiol groups is 1. The summed E-state index contributed by atoms with van der Waals surface area (Å²) in [5, 5.41) is 0.766. The van der Waals surface area contributed by atoms with E-state index in [1.165, 1.54) is 103 Å². The molecule has 29 heavy (non-hydrogen) atoms. The molecule has 0 N–H and O–H groups in total. The summed E-state index contributed by atoms with van der Waals surface area (Å²) in [5.74, 6) is 0. The first kappa shape index (κ1) is 29.5. The molecule has 0 aromatic rings. The Morgan fingerprint density at radius 1 is 0.552 bits per heavy atom. The molecule has 0 amide bonds. The number of rotatable bonds is 22. The predicted octanol–water partition coefficient (Wildman–Crippen LogP) is 9.01. The minimum Gasteiger partial charge on any atom is -0.391 e. The molecule has 0 aromatic heterocycles. The van der Waals surface area contributed by atoms with Gasteiger partial charge in [0, 0.05) is 17.6 Å². The van der Waals surface area contributed by atoms with Crippen LogP contribution in [0.5, 0.6) is 0 Å². The van der Waals surface area contributed by atoms with E-state index in [4.69, 9.17) is 8.85 Å². The molecule has 0 radical (unpaired) electrons. The third kappa shape index (κ3) is 18.9. The second-order valence-electron chi connectivity index (χ2n) is 9.46. The summed E-state index contributed by atoms with van der Waals surface area (Å²) in [6.45, 7) is 10.7. The molecule has 2 nitrogen and oxygen atoms in total. The quantitative estimate of drug-likeness (QED) is 0.102. The first-order chi connectivity index (χ1) is 14.0. The van der Waals surface area contributed by atoms with Gasteiger partial charge < -0.3 is 8.85 Å². The zero-order chi connectivity index (χ0) is 21.8. The normalized spacial score (nSPS) is 12.4. The Kier molecular flexibility index (Phi) is 20.7. The first-order valence-corrected chi connectivity index (χ1v) is 15.8. The van der Waals surface area contributed by atoms with Gasteiger partial charge in [-0.2, -0.15) is 12.6 Å². The number of hydrogen-bond acceptors (Lipinski definition) is 3. The SMILES string of the molecule is CCCCCCCCCCCCCCCCCC[Si](CS)(OC(C)C)OC(C)C. The van der Waals surface area contributed by atoms with E-state index in [2.05, 4.69) is 47.2 Å². The Balaban J connectivity index is 3.57. The lowest BCUT2D eigenvalue weighted by Crippen LogP contribution is -2.48. The molecule has 176 valence electrons. The average molecular weight is 447 g/mol. The molecule has 0 aliphatic carbocycles. The van der Waals surface area contributed by atoms with E-state index in [1.54, 1.807) is 0 Å². The molecule has 4 heteroatoms. The van der Waals surface area contributed by atoms with E-state index in [-0.39, 0.29) is 12.2 Å². The molecular weight excluding hydrogens is 392 g/mol. The minimum absolute atomic E-state index is 0.230. The van der Waals surface area contributed by atoms with Gasteiger partial charge in [-0.25, -0.2) is 0 Å². The highest BCUT2D eigenvalue weighted by Crippen LogP contribution is 2.24. The highest BCUT2D eigenvalue weighted by molar-refractivity contribution is 7.82. The lowest BCUT2D eigenvalue weighted by atomic mass is 10.0. The van der Waals surface area contributed by atoms with E-state index < -0.39 is 8.56 Å². The largest absolute Gasteiger partial charge is 0.391 e. The van der Waals surface area contributed by atoms with Crippen molar-refractivity contribution < 1.29 is 8.85 Å². The van der Waals surface area contributed by atoms with Crippen LogP contribution in [0, 0.1) is 0 Å². The third-order valence-electron chi connectivity index (χ3n) is 5.55. The lowest BCUT2D eigenvalue weighted by molar-refractivity contribution is 0.108. The van der Waals surface area contributed by atoms with Crippen LogP contribution in [0.25, 0.3) is 0 Å². The van der Waals surface area contributed by atoms with Crippen LogP contribution in [0.3, 0.4) is 0 Å². The van der Waals surface area contributed by atoms with Crippen LogP contribution < -0.4 is 0 Å². The maximum Gasteiger partial charge on any atom is 0.348 e. The van der Waals surface area contributed by atoms with Crippen LogP contribution >= 0.6 is 12.6 Å². The highest BCUT2D eigenvalue weighted by Gasteiger charge is 2.37. The van der Waals surface area contributed by atoms with Crippen molar-refractivity contribution >= 4 is 21.2 Å². The fourth-order valence-corrected chi connectivity index (χ4v) is 8.13. The molecule has 0 aliphatic rings. The zero-order valence-corrected chi connectivity index (χ0v) is 22.5. The standard InChI is InChI=1S/C25H54O2SSi/c1-6-7-8-9-10-11-12-13-14-15-16-17-18-19-20-21-22-29(23-28,26-24(2)3)27-25(4)5/h24-25,28H,6-23H2,1-5H3. The number of unbranched alkanes of at least 4 members (excludes halogenated alkanes) is 15. The summed E-state index contributed by atoms with van der Waals surface area (Å²) in [4.78, 5) is 0.